The van der Waals surface area contributed by atoms with Crippen molar-refractivity contribution < 1.29 is 19.4 Å². The third-order valence-electron chi connectivity index (χ3n) is 8.01. The van der Waals surface area contributed by atoms with Crippen LogP contribution in [-0.4, -0.2) is 71.2 Å². The molecule has 1 atom stereocenters. The van der Waals surface area contributed by atoms with Crippen molar-refractivity contribution in [2.45, 2.75) is 140 Å². The highest BCUT2D eigenvalue weighted by Crippen LogP contribution is 2.40. The number of carbonyl (C=O) groups excluding carboxylic acids is 2. The lowest BCUT2D eigenvalue weighted by Crippen LogP contribution is -2.54. The average molecular weight is 551 g/mol. The fourth-order valence-electron chi connectivity index (χ4n) is 6.66. The highest BCUT2D eigenvalue weighted by molar-refractivity contribution is 5.83. The summed E-state index contributed by atoms with van der Waals surface area (Å²) in [6.45, 7) is 29.4. The molecule has 1 saturated heterocycles. The van der Waals surface area contributed by atoms with Crippen molar-refractivity contribution >= 4 is 11.8 Å². The van der Waals surface area contributed by atoms with E-state index in [4.69, 9.17) is 4.74 Å². The highest BCUT2D eigenvalue weighted by atomic mass is 16.5. The monoisotopic (exact) mass is 550 g/mol. The van der Waals surface area contributed by atoms with E-state index in [1.807, 2.05) is 57.4 Å². The van der Waals surface area contributed by atoms with Crippen LogP contribution in [0.2, 0.25) is 0 Å². The predicted octanol–water partition coefficient (Wildman–Crippen LogP) is 6.85. The van der Waals surface area contributed by atoms with E-state index in [2.05, 4.69) is 48.5 Å². The molecule has 2 amide bonds. The van der Waals surface area contributed by atoms with E-state index in [-0.39, 0.29) is 34.8 Å². The second kappa shape index (κ2) is 14.0. The molecular formula is C33H62N2O4. The molecule has 0 bridgehead atoms. The lowest BCUT2D eigenvalue weighted by molar-refractivity contribution is -0.149. The minimum atomic E-state index is -0.591. The molecule has 1 aliphatic rings. The lowest BCUT2D eigenvalue weighted by atomic mass is 9.71. The van der Waals surface area contributed by atoms with Crippen LogP contribution in [0.4, 0.5) is 0 Å². The van der Waals surface area contributed by atoms with Gasteiger partial charge in [0.15, 0.2) is 0 Å². The Morgan fingerprint density at radius 1 is 0.974 bits per heavy atom. The number of aliphatic hydroxyl groups is 1. The number of hydrogen-bond donors (Lipinski definition) is 1. The molecule has 1 aliphatic heterocycles. The first kappa shape index (κ1) is 35.6. The summed E-state index contributed by atoms with van der Waals surface area (Å²) in [6.07, 6.45) is 5.24. The molecule has 0 aromatic carbocycles. The van der Waals surface area contributed by atoms with Crippen molar-refractivity contribution in [1.29, 1.82) is 0 Å². The molecule has 1 N–H and O–H groups in total. The number of likely N-dealkylation sites (tertiary alicyclic amines) is 1. The normalized spacial score (nSPS) is 17.5. The summed E-state index contributed by atoms with van der Waals surface area (Å²) in [7, 11) is 0. The molecule has 1 rings (SSSR count). The summed E-state index contributed by atoms with van der Waals surface area (Å²) < 4.78 is 5.87. The molecule has 0 spiro atoms. The zero-order chi connectivity index (χ0) is 30.4. The van der Waals surface area contributed by atoms with Gasteiger partial charge in [-0.1, -0.05) is 68.4 Å². The van der Waals surface area contributed by atoms with Crippen LogP contribution in [0, 0.1) is 21.7 Å². The first-order valence-electron chi connectivity index (χ1n) is 15.1. The molecule has 1 unspecified atom stereocenters. The van der Waals surface area contributed by atoms with Gasteiger partial charge in [-0.25, -0.2) is 0 Å². The molecule has 0 aliphatic carbocycles. The van der Waals surface area contributed by atoms with Gasteiger partial charge < -0.3 is 19.6 Å². The number of carbonyl (C=O) groups is 2. The summed E-state index contributed by atoms with van der Waals surface area (Å²) in [5.74, 6) is 0.354. The molecule has 0 saturated carbocycles. The highest BCUT2D eigenvalue weighted by Gasteiger charge is 2.42. The van der Waals surface area contributed by atoms with Gasteiger partial charge in [0.25, 0.3) is 0 Å². The van der Waals surface area contributed by atoms with Crippen LogP contribution in [0.25, 0.3) is 0 Å². The van der Waals surface area contributed by atoms with Crippen LogP contribution in [0.15, 0.2) is 11.6 Å². The van der Waals surface area contributed by atoms with Crippen molar-refractivity contribution in [3.63, 3.8) is 0 Å². The van der Waals surface area contributed by atoms with Crippen LogP contribution in [-0.2, 0) is 14.3 Å². The topological polar surface area (TPSA) is 70.1 Å². The lowest BCUT2D eigenvalue weighted by Gasteiger charge is -2.45. The fourth-order valence-corrected chi connectivity index (χ4v) is 6.66. The SMILES string of the molecule is CC=C(C)C(O)CC(C)(C)CC(C)(C)C(=O)N(CCOC(C)C)C1CCN(C(=O)C(C)(C)CC(C)(C)C)CC1. The van der Waals surface area contributed by atoms with Crippen molar-refractivity contribution in [3.05, 3.63) is 11.6 Å². The van der Waals surface area contributed by atoms with E-state index in [0.717, 1.165) is 24.8 Å². The van der Waals surface area contributed by atoms with Crippen LogP contribution in [0.1, 0.15) is 122 Å². The van der Waals surface area contributed by atoms with Gasteiger partial charge in [0.2, 0.25) is 11.8 Å². The van der Waals surface area contributed by atoms with E-state index in [9.17, 15) is 14.7 Å². The van der Waals surface area contributed by atoms with Crippen LogP contribution >= 0.6 is 0 Å². The Morgan fingerprint density at radius 3 is 1.97 bits per heavy atom. The average Bonchev–Trinajstić information content (AvgIpc) is 2.77. The molecule has 0 radical (unpaired) electrons. The van der Waals surface area contributed by atoms with E-state index in [0.29, 0.717) is 39.1 Å². The van der Waals surface area contributed by atoms with Crippen LogP contribution in [0.3, 0.4) is 0 Å². The number of amides is 2. The minimum absolute atomic E-state index is 0.0814. The maximum absolute atomic E-state index is 14.1. The Morgan fingerprint density at radius 2 is 1.51 bits per heavy atom. The van der Waals surface area contributed by atoms with Crippen molar-refractivity contribution in [2.24, 2.45) is 21.7 Å². The van der Waals surface area contributed by atoms with Gasteiger partial charge >= 0.3 is 0 Å². The Bertz CT molecular complexity index is 827. The number of allylic oxidation sites excluding steroid dienone is 1. The Labute approximate surface area is 240 Å². The Kier molecular flexibility index (Phi) is 12.8. The fraction of sp³-hybridized carbons (Fsp3) is 0.879. The van der Waals surface area contributed by atoms with E-state index in [1.54, 1.807) is 0 Å². The first-order valence-corrected chi connectivity index (χ1v) is 15.1. The van der Waals surface area contributed by atoms with E-state index >= 15 is 0 Å². The molecule has 6 heteroatoms. The smallest absolute Gasteiger partial charge is 0.228 e. The Hall–Kier alpha value is -1.40. The van der Waals surface area contributed by atoms with Crippen molar-refractivity contribution in [3.8, 4) is 0 Å². The third kappa shape index (κ3) is 11.5. The minimum Gasteiger partial charge on any atom is -0.389 e. The number of rotatable bonds is 13. The van der Waals surface area contributed by atoms with Crippen LogP contribution in [0.5, 0.6) is 0 Å². The van der Waals surface area contributed by atoms with Gasteiger partial charge in [-0.3, -0.25) is 9.59 Å². The maximum atomic E-state index is 14.1. The van der Waals surface area contributed by atoms with Gasteiger partial charge in [-0.15, -0.1) is 0 Å². The standard InChI is InChI=1S/C33H62N2O4/c1-14-25(4)27(36)21-31(8,9)23-33(12,13)29(38)35(19-20-39-24(2)3)26-15-17-34(18-16-26)28(37)32(10,11)22-30(5,6)7/h14,24,26-27,36H,15-23H2,1-13H3. The first-order chi connectivity index (χ1) is 17.6. The molecule has 1 fully saturated rings. The number of nitrogens with zero attached hydrogens (tertiary/aromatic N) is 2. The summed E-state index contributed by atoms with van der Waals surface area (Å²) in [5, 5.41) is 10.6. The summed E-state index contributed by atoms with van der Waals surface area (Å²) in [4.78, 5) is 31.6. The molecular weight excluding hydrogens is 488 g/mol. The second-order valence-electron chi connectivity index (χ2n) is 15.5. The van der Waals surface area contributed by atoms with Crippen LogP contribution < -0.4 is 0 Å². The van der Waals surface area contributed by atoms with Gasteiger partial charge in [0, 0.05) is 36.5 Å². The summed E-state index contributed by atoms with van der Waals surface area (Å²) >= 11 is 0. The number of hydrogen-bond acceptors (Lipinski definition) is 4. The molecule has 1 heterocycles. The van der Waals surface area contributed by atoms with Crippen molar-refractivity contribution in [2.75, 3.05) is 26.2 Å². The summed E-state index contributed by atoms with van der Waals surface area (Å²) in [5.41, 5.74) is -0.163. The van der Waals surface area contributed by atoms with Gasteiger partial charge in [-0.05, 0) is 76.2 Å². The number of piperidine rings is 1. The Balaban J connectivity index is 3.03. The van der Waals surface area contributed by atoms with Gasteiger partial charge in [-0.2, -0.15) is 0 Å². The van der Waals surface area contributed by atoms with E-state index < -0.39 is 16.9 Å². The van der Waals surface area contributed by atoms with Crippen molar-refractivity contribution in [1.82, 2.24) is 9.80 Å². The number of aliphatic hydroxyl groups excluding tert-OH is 1. The van der Waals surface area contributed by atoms with Gasteiger partial charge in [0.1, 0.15) is 0 Å². The molecule has 39 heavy (non-hydrogen) atoms. The molecule has 0 aromatic heterocycles. The predicted molar refractivity (Wildman–Crippen MR) is 162 cm³/mol. The number of ether oxygens (including phenoxy) is 1. The molecule has 228 valence electrons. The van der Waals surface area contributed by atoms with E-state index in [1.165, 1.54) is 0 Å². The summed E-state index contributed by atoms with van der Waals surface area (Å²) in [6, 6.07) is 0.0845. The second-order valence-corrected chi connectivity index (χ2v) is 15.5. The molecule has 0 aromatic rings. The largest absolute Gasteiger partial charge is 0.389 e. The maximum Gasteiger partial charge on any atom is 0.228 e. The quantitative estimate of drug-likeness (QED) is 0.255. The third-order valence-corrected chi connectivity index (χ3v) is 8.01. The molecule has 6 nitrogen and oxygen atoms in total. The zero-order valence-electron chi connectivity index (χ0n) is 27.7. The zero-order valence-corrected chi connectivity index (χ0v) is 27.7. The van der Waals surface area contributed by atoms with Gasteiger partial charge in [0.05, 0.1) is 18.8 Å².